The average Bonchev–Trinajstić information content (AvgIpc) is 2.75. The maximum absolute atomic E-state index is 12.5. The summed E-state index contributed by atoms with van der Waals surface area (Å²) in [5.74, 6) is 0.993. The Labute approximate surface area is 167 Å². The van der Waals surface area contributed by atoms with E-state index in [-0.39, 0.29) is 11.9 Å². The summed E-state index contributed by atoms with van der Waals surface area (Å²) in [4.78, 5) is 18.8. The molecule has 5 heteroatoms. The van der Waals surface area contributed by atoms with Crippen molar-refractivity contribution in [1.82, 2.24) is 15.5 Å². The third kappa shape index (κ3) is 5.35. The summed E-state index contributed by atoms with van der Waals surface area (Å²) in [6.45, 7) is 4.39. The number of nitrogens with zero attached hydrogens (tertiary/aromatic N) is 2. The minimum Gasteiger partial charge on any atom is -0.356 e. The van der Waals surface area contributed by atoms with E-state index in [9.17, 15) is 4.79 Å². The second kappa shape index (κ2) is 9.93. The van der Waals surface area contributed by atoms with Crippen LogP contribution in [-0.2, 0) is 17.8 Å². The van der Waals surface area contributed by atoms with E-state index in [1.54, 1.807) is 7.05 Å². The smallest absolute Gasteiger partial charge is 0.222 e. The van der Waals surface area contributed by atoms with E-state index in [0.717, 1.165) is 38.4 Å². The summed E-state index contributed by atoms with van der Waals surface area (Å²) in [5.41, 5.74) is 3.86. The highest BCUT2D eigenvalue weighted by molar-refractivity contribution is 5.80. The van der Waals surface area contributed by atoms with Crippen LogP contribution in [0.3, 0.4) is 0 Å². The molecule has 28 heavy (non-hydrogen) atoms. The number of rotatable bonds is 6. The Kier molecular flexibility index (Phi) is 7.06. The Bertz CT molecular complexity index is 803. The van der Waals surface area contributed by atoms with Crippen LogP contribution in [0.5, 0.6) is 0 Å². The van der Waals surface area contributed by atoms with Gasteiger partial charge in [-0.05, 0) is 36.5 Å². The molecule has 0 aliphatic carbocycles. The van der Waals surface area contributed by atoms with Crippen LogP contribution in [0.25, 0.3) is 0 Å². The van der Waals surface area contributed by atoms with Crippen LogP contribution < -0.4 is 10.6 Å². The first-order valence-corrected chi connectivity index (χ1v) is 10.0. The molecule has 2 N–H and O–H groups in total. The minimum atomic E-state index is 0.169. The largest absolute Gasteiger partial charge is 0.356 e. The van der Waals surface area contributed by atoms with Gasteiger partial charge in [0.2, 0.25) is 5.91 Å². The summed E-state index contributed by atoms with van der Waals surface area (Å²) in [5, 5.41) is 6.70. The van der Waals surface area contributed by atoms with Crippen LogP contribution in [0.15, 0.2) is 59.6 Å². The second-order valence-electron chi connectivity index (χ2n) is 7.21. The average molecular weight is 379 g/mol. The van der Waals surface area contributed by atoms with E-state index in [2.05, 4.69) is 52.9 Å². The van der Waals surface area contributed by atoms with Crippen LogP contribution in [0.4, 0.5) is 0 Å². The first-order valence-electron chi connectivity index (χ1n) is 10.0. The van der Waals surface area contributed by atoms with Gasteiger partial charge in [-0.1, -0.05) is 54.6 Å². The molecule has 0 saturated carbocycles. The van der Waals surface area contributed by atoms with Gasteiger partial charge < -0.3 is 15.5 Å². The van der Waals surface area contributed by atoms with Crippen molar-refractivity contribution in [2.75, 3.05) is 20.1 Å². The second-order valence-corrected chi connectivity index (χ2v) is 7.21. The van der Waals surface area contributed by atoms with Crippen molar-refractivity contribution in [3.63, 3.8) is 0 Å². The lowest BCUT2D eigenvalue weighted by atomic mass is 9.99. The van der Waals surface area contributed by atoms with Crippen LogP contribution >= 0.6 is 0 Å². The number of benzene rings is 2. The van der Waals surface area contributed by atoms with E-state index in [0.29, 0.717) is 6.42 Å². The summed E-state index contributed by atoms with van der Waals surface area (Å²) in [7, 11) is 1.77. The van der Waals surface area contributed by atoms with Crippen molar-refractivity contribution >= 4 is 11.9 Å². The van der Waals surface area contributed by atoms with Crippen LogP contribution in [0.1, 0.15) is 42.5 Å². The number of hydrogen-bond acceptors (Lipinski definition) is 2. The molecule has 0 fully saturated rings. The van der Waals surface area contributed by atoms with Crippen molar-refractivity contribution in [3.05, 3.63) is 71.3 Å². The van der Waals surface area contributed by atoms with Crippen molar-refractivity contribution in [3.8, 4) is 0 Å². The number of carbonyl (C=O) groups is 1. The monoisotopic (exact) mass is 378 g/mol. The summed E-state index contributed by atoms with van der Waals surface area (Å²) in [6.07, 6.45) is 2.30. The van der Waals surface area contributed by atoms with Gasteiger partial charge in [0.05, 0.1) is 6.04 Å². The highest BCUT2D eigenvalue weighted by atomic mass is 16.2. The number of carbonyl (C=O) groups excluding carboxylic acids is 1. The fraction of sp³-hybridized carbons (Fsp3) is 0.391. The van der Waals surface area contributed by atoms with E-state index in [4.69, 9.17) is 0 Å². The van der Waals surface area contributed by atoms with Crippen molar-refractivity contribution in [2.45, 2.75) is 38.8 Å². The molecule has 1 unspecified atom stereocenters. The predicted molar refractivity (Wildman–Crippen MR) is 114 cm³/mol. The molecule has 0 bridgehead atoms. The van der Waals surface area contributed by atoms with Gasteiger partial charge >= 0.3 is 0 Å². The van der Waals surface area contributed by atoms with Crippen LogP contribution in [-0.4, -0.2) is 36.9 Å². The molecule has 0 saturated heterocycles. The highest BCUT2D eigenvalue weighted by Crippen LogP contribution is 2.19. The Morgan fingerprint density at radius 2 is 1.82 bits per heavy atom. The SMILES string of the molecule is CN=C(NCCCC(=O)N1CCc2ccccc2C1)NC(C)c1ccccc1. The lowest BCUT2D eigenvalue weighted by Gasteiger charge is -2.29. The fourth-order valence-electron chi connectivity index (χ4n) is 3.54. The summed E-state index contributed by atoms with van der Waals surface area (Å²) < 4.78 is 0. The van der Waals surface area contributed by atoms with E-state index >= 15 is 0 Å². The lowest BCUT2D eigenvalue weighted by Crippen LogP contribution is -2.40. The summed E-state index contributed by atoms with van der Waals surface area (Å²) >= 11 is 0. The molecule has 1 aliphatic heterocycles. The predicted octanol–water partition coefficient (Wildman–Crippen LogP) is 3.28. The topological polar surface area (TPSA) is 56.7 Å². The Morgan fingerprint density at radius 3 is 2.57 bits per heavy atom. The molecule has 3 rings (SSSR count). The molecule has 1 amide bonds. The molecule has 0 aromatic heterocycles. The normalized spacial score (nSPS) is 14.9. The molecule has 148 valence electrons. The number of aliphatic imine (C=N–C) groups is 1. The zero-order valence-electron chi connectivity index (χ0n) is 16.8. The molecule has 0 spiro atoms. The Morgan fingerprint density at radius 1 is 1.11 bits per heavy atom. The number of fused-ring (bicyclic) bond motifs is 1. The van der Waals surface area contributed by atoms with E-state index < -0.39 is 0 Å². The molecule has 2 aromatic rings. The molecular formula is C23H30N4O. The first-order chi connectivity index (χ1) is 13.7. The Balaban J connectivity index is 1.39. The lowest BCUT2D eigenvalue weighted by molar-refractivity contribution is -0.132. The maximum Gasteiger partial charge on any atom is 0.222 e. The Hall–Kier alpha value is -2.82. The van der Waals surface area contributed by atoms with Crippen molar-refractivity contribution in [2.24, 2.45) is 4.99 Å². The number of amides is 1. The van der Waals surface area contributed by atoms with Gasteiger partial charge in [0.15, 0.2) is 5.96 Å². The summed E-state index contributed by atoms with van der Waals surface area (Å²) in [6, 6.07) is 18.9. The molecule has 1 aliphatic rings. The van der Waals surface area contributed by atoms with Gasteiger partial charge in [0.1, 0.15) is 0 Å². The van der Waals surface area contributed by atoms with Crippen molar-refractivity contribution in [1.29, 1.82) is 0 Å². The standard InChI is InChI=1S/C23H30N4O/c1-18(19-9-4-3-5-10-19)26-23(24-2)25-15-8-13-22(28)27-16-14-20-11-6-7-12-21(20)17-27/h3-7,9-12,18H,8,13-17H2,1-2H3,(H2,24,25,26). The van der Waals surface area contributed by atoms with Gasteiger partial charge in [-0.15, -0.1) is 0 Å². The van der Waals surface area contributed by atoms with Crippen LogP contribution in [0, 0.1) is 0 Å². The zero-order chi connectivity index (χ0) is 19.8. The quantitative estimate of drug-likeness (QED) is 0.461. The van der Waals surface area contributed by atoms with Gasteiger partial charge in [-0.2, -0.15) is 0 Å². The molecular weight excluding hydrogens is 348 g/mol. The number of nitrogens with one attached hydrogen (secondary N) is 2. The van der Waals surface area contributed by atoms with E-state index in [1.807, 2.05) is 29.2 Å². The zero-order valence-corrected chi connectivity index (χ0v) is 16.8. The molecule has 1 heterocycles. The number of guanidine groups is 1. The third-order valence-electron chi connectivity index (χ3n) is 5.22. The van der Waals surface area contributed by atoms with Gasteiger partial charge in [-0.25, -0.2) is 0 Å². The highest BCUT2D eigenvalue weighted by Gasteiger charge is 2.19. The minimum absolute atomic E-state index is 0.169. The van der Waals surface area contributed by atoms with Crippen molar-refractivity contribution < 1.29 is 4.79 Å². The van der Waals surface area contributed by atoms with E-state index in [1.165, 1.54) is 16.7 Å². The number of hydrogen-bond donors (Lipinski definition) is 2. The van der Waals surface area contributed by atoms with Crippen LogP contribution in [0.2, 0.25) is 0 Å². The van der Waals surface area contributed by atoms with Gasteiger partial charge in [0, 0.05) is 33.1 Å². The third-order valence-corrected chi connectivity index (χ3v) is 5.22. The van der Waals surface area contributed by atoms with Gasteiger partial charge in [-0.3, -0.25) is 9.79 Å². The van der Waals surface area contributed by atoms with Gasteiger partial charge in [0.25, 0.3) is 0 Å². The molecule has 0 radical (unpaired) electrons. The molecule has 2 aromatic carbocycles. The first kappa shape index (κ1) is 19.9. The molecule has 5 nitrogen and oxygen atoms in total. The molecule has 1 atom stereocenters. The fourth-order valence-corrected chi connectivity index (χ4v) is 3.54. The maximum atomic E-state index is 12.5.